The Morgan fingerprint density at radius 2 is 1.82 bits per heavy atom. The lowest BCUT2D eigenvalue weighted by Gasteiger charge is -2.34. The van der Waals surface area contributed by atoms with Crippen LogP contribution in [0.2, 0.25) is 0 Å². The summed E-state index contributed by atoms with van der Waals surface area (Å²) in [7, 11) is 0. The van der Waals surface area contributed by atoms with Gasteiger partial charge in [-0.05, 0) is 26.3 Å². The van der Waals surface area contributed by atoms with Crippen LogP contribution in [0.15, 0.2) is 30.3 Å². The van der Waals surface area contributed by atoms with Gasteiger partial charge < -0.3 is 15.1 Å². The van der Waals surface area contributed by atoms with Gasteiger partial charge in [0, 0.05) is 5.54 Å². The van der Waals surface area contributed by atoms with Crippen LogP contribution in [0, 0.1) is 0 Å². The maximum Gasteiger partial charge on any atom is 0.407 e. The molecule has 1 atom stereocenters. The number of carbonyl (C=O) groups is 1. The summed E-state index contributed by atoms with van der Waals surface area (Å²) in [6.45, 7) is 5.49. The first-order valence-corrected chi connectivity index (χ1v) is 5.56. The monoisotopic (exact) mass is 237 g/mol. The Morgan fingerprint density at radius 1 is 1.29 bits per heavy atom. The van der Waals surface area contributed by atoms with Crippen molar-refractivity contribution in [2.75, 3.05) is 6.54 Å². The molecule has 0 aliphatic carbocycles. The van der Waals surface area contributed by atoms with Gasteiger partial charge in [-0.3, -0.25) is 0 Å². The quantitative estimate of drug-likeness (QED) is 0.849. The van der Waals surface area contributed by atoms with Crippen LogP contribution < -0.4 is 0 Å². The summed E-state index contributed by atoms with van der Waals surface area (Å²) in [5, 5.41) is 19.1. The highest BCUT2D eigenvalue weighted by Gasteiger charge is 2.28. The van der Waals surface area contributed by atoms with Crippen molar-refractivity contribution in [2.24, 2.45) is 0 Å². The first-order chi connectivity index (χ1) is 7.82. The molecule has 94 valence electrons. The van der Waals surface area contributed by atoms with Gasteiger partial charge in [0.2, 0.25) is 0 Å². The summed E-state index contributed by atoms with van der Waals surface area (Å²) in [4.78, 5) is 12.4. The molecule has 0 fully saturated rings. The molecular formula is C13H19NO3. The zero-order chi connectivity index (χ0) is 13.1. The van der Waals surface area contributed by atoms with Crippen molar-refractivity contribution < 1.29 is 15.0 Å². The number of rotatable bonds is 3. The minimum atomic E-state index is -1.02. The number of hydrogen-bond donors (Lipinski definition) is 2. The number of hydrogen-bond acceptors (Lipinski definition) is 2. The van der Waals surface area contributed by atoms with Crippen molar-refractivity contribution in [3.63, 3.8) is 0 Å². The number of β-amino-alcohol motifs (C(OH)–C–C–N with tert-alkyl or cyclic N) is 1. The predicted molar refractivity (Wildman–Crippen MR) is 65.9 cm³/mol. The van der Waals surface area contributed by atoms with E-state index in [1.807, 2.05) is 18.2 Å². The molecule has 0 unspecified atom stereocenters. The molecule has 0 heterocycles. The lowest BCUT2D eigenvalue weighted by atomic mass is 10.0. The average Bonchev–Trinajstić information content (AvgIpc) is 2.24. The maximum absolute atomic E-state index is 11.1. The van der Waals surface area contributed by atoms with Crippen LogP contribution in [0.25, 0.3) is 0 Å². The Kier molecular flexibility index (Phi) is 4.12. The Bertz CT molecular complexity index is 370. The zero-order valence-electron chi connectivity index (χ0n) is 10.4. The van der Waals surface area contributed by atoms with Gasteiger partial charge in [0.1, 0.15) is 0 Å². The average molecular weight is 237 g/mol. The van der Waals surface area contributed by atoms with Gasteiger partial charge in [-0.2, -0.15) is 0 Å². The molecule has 0 aliphatic heterocycles. The summed E-state index contributed by atoms with van der Waals surface area (Å²) in [5.74, 6) is 0. The molecule has 0 bridgehead atoms. The second-order valence-electron chi connectivity index (χ2n) is 4.99. The molecule has 2 N–H and O–H groups in total. The summed E-state index contributed by atoms with van der Waals surface area (Å²) < 4.78 is 0. The molecule has 1 rings (SSSR count). The SMILES string of the molecule is CC(C)(C)N(C[C@@H](O)c1ccccc1)C(=O)O. The molecule has 0 aliphatic rings. The van der Waals surface area contributed by atoms with E-state index >= 15 is 0 Å². The van der Waals surface area contributed by atoms with Crippen LogP contribution in [-0.4, -0.2) is 33.3 Å². The van der Waals surface area contributed by atoms with Crippen LogP contribution in [0.5, 0.6) is 0 Å². The van der Waals surface area contributed by atoms with Gasteiger partial charge >= 0.3 is 6.09 Å². The van der Waals surface area contributed by atoms with Crippen molar-refractivity contribution in [1.82, 2.24) is 4.90 Å². The highest BCUT2D eigenvalue weighted by atomic mass is 16.4. The van der Waals surface area contributed by atoms with Crippen molar-refractivity contribution in [3.8, 4) is 0 Å². The predicted octanol–water partition coefficient (Wildman–Crippen LogP) is 2.50. The van der Waals surface area contributed by atoms with Gasteiger partial charge in [0.05, 0.1) is 12.6 Å². The van der Waals surface area contributed by atoms with E-state index in [1.165, 1.54) is 4.90 Å². The number of carboxylic acid groups (broad SMARTS) is 1. The third kappa shape index (κ3) is 3.75. The molecule has 0 spiro atoms. The third-order valence-corrected chi connectivity index (χ3v) is 2.58. The topological polar surface area (TPSA) is 60.8 Å². The molecule has 0 saturated heterocycles. The number of aliphatic hydroxyl groups is 1. The molecule has 0 saturated carbocycles. The molecule has 1 aromatic rings. The summed E-state index contributed by atoms with van der Waals surface area (Å²) in [6.07, 6.45) is -1.82. The molecule has 4 heteroatoms. The number of nitrogens with zero attached hydrogens (tertiary/aromatic N) is 1. The van der Waals surface area contributed by atoms with Crippen molar-refractivity contribution in [3.05, 3.63) is 35.9 Å². The highest BCUT2D eigenvalue weighted by molar-refractivity contribution is 5.66. The van der Waals surface area contributed by atoms with Crippen LogP contribution in [0.3, 0.4) is 0 Å². The molecule has 0 radical (unpaired) electrons. The minimum absolute atomic E-state index is 0.0723. The summed E-state index contributed by atoms with van der Waals surface area (Å²) >= 11 is 0. The van der Waals surface area contributed by atoms with Gasteiger partial charge in [0.25, 0.3) is 0 Å². The molecule has 1 amide bonds. The van der Waals surface area contributed by atoms with Crippen LogP contribution >= 0.6 is 0 Å². The van der Waals surface area contributed by atoms with Crippen molar-refractivity contribution in [2.45, 2.75) is 32.4 Å². The van der Waals surface area contributed by atoms with Crippen molar-refractivity contribution >= 4 is 6.09 Å². The van der Waals surface area contributed by atoms with E-state index in [4.69, 9.17) is 5.11 Å². The van der Waals surface area contributed by atoms with Crippen LogP contribution in [0.1, 0.15) is 32.4 Å². The van der Waals surface area contributed by atoms with Gasteiger partial charge in [-0.25, -0.2) is 4.79 Å². The molecule has 1 aromatic carbocycles. The van der Waals surface area contributed by atoms with E-state index in [9.17, 15) is 9.90 Å². The van der Waals surface area contributed by atoms with E-state index in [2.05, 4.69) is 0 Å². The number of amides is 1. The Balaban J connectivity index is 2.79. The van der Waals surface area contributed by atoms with E-state index in [0.717, 1.165) is 5.56 Å². The first-order valence-electron chi connectivity index (χ1n) is 5.56. The Morgan fingerprint density at radius 3 is 2.24 bits per heavy atom. The third-order valence-electron chi connectivity index (χ3n) is 2.58. The van der Waals surface area contributed by atoms with Gasteiger partial charge in [0.15, 0.2) is 0 Å². The standard InChI is InChI=1S/C13H19NO3/c1-13(2,3)14(12(16)17)9-11(15)10-7-5-4-6-8-10/h4-8,11,15H,9H2,1-3H3,(H,16,17)/t11-/m1/s1. The van der Waals surface area contributed by atoms with E-state index in [-0.39, 0.29) is 6.54 Å². The Labute approximate surface area is 101 Å². The molecule has 0 aromatic heterocycles. The fraction of sp³-hybridized carbons (Fsp3) is 0.462. The summed E-state index contributed by atoms with van der Waals surface area (Å²) in [5.41, 5.74) is 0.199. The first kappa shape index (κ1) is 13.5. The van der Waals surface area contributed by atoms with Crippen LogP contribution in [0.4, 0.5) is 4.79 Å². The maximum atomic E-state index is 11.1. The minimum Gasteiger partial charge on any atom is -0.465 e. The fourth-order valence-electron chi connectivity index (χ4n) is 1.59. The fourth-order valence-corrected chi connectivity index (χ4v) is 1.59. The lowest BCUT2D eigenvalue weighted by Crippen LogP contribution is -2.46. The van der Waals surface area contributed by atoms with Gasteiger partial charge in [-0.1, -0.05) is 30.3 Å². The number of aliphatic hydroxyl groups excluding tert-OH is 1. The molecular weight excluding hydrogens is 218 g/mol. The second-order valence-corrected chi connectivity index (χ2v) is 4.99. The normalized spacial score (nSPS) is 13.2. The van der Waals surface area contributed by atoms with Crippen molar-refractivity contribution in [1.29, 1.82) is 0 Å². The van der Waals surface area contributed by atoms with E-state index < -0.39 is 17.7 Å². The lowest BCUT2D eigenvalue weighted by molar-refractivity contribution is 0.0556. The smallest absolute Gasteiger partial charge is 0.407 e. The zero-order valence-corrected chi connectivity index (χ0v) is 10.4. The van der Waals surface area contributed by atoms with Gasteiger partial charge in [-0.15, -0.1) is 0 Å². The highest BCUT2D eigenvalue weighted by Crippen LogP contribution is 2.20. The Hall–Kier alpha value is -1.55. The van der Waals surface area contributed by atoms with E-state index in [1.54, 1.807) is 32.9 Å². The number of benzene rings is 1. The van der Waals surface area contributed by atoms with Crippen LogP contribution in [-0.2, 0) is 0 Å². The van der Waals surface area contributed by atoms with E-state index in [0.29, 0.717) is 0 Å². The summed E-state index contributed by atoms with van der Waals surface area (Å²) in [6, 6.07) is 9.07. The molecule has 4 nitrogen and oxygen atoms in total. The second kappa shape index (κ2) is 5.19. The molecule has 17 heavy (non-hydrogen) atoms. The largest absolute Gasteiger partial charge is 0.465 e.